The van der Waals surface area contributed by atoms with Gasteiger partial charge in [0.25, 0.3) is 0 Å². The number of allylic oxidation sites excluding steroid dienone is 1. The fraction of sp³-hybridized carbons (Fsp3) is 0.250. The van der Waals surface area contributed by atoms with Gasteiger partial charge in [-0.1, -0.05) is 24.6 Å². The van der Waals surface area contributed by atoms with Crippen LogP contribution in [0.1, 0.15) is 20.3 Å². The summed E-state index contributed by atoms with van der Waals surface area (Å²) in [5.41, 5.74) is 1.97. The van der Waals surface area contributed by atoms with E-state index >= 15 is 0 Å². The lowest BCUT2D eigenvalue weighted by molar-refractivity contribution is 0.482. The van der Waals surface area contributed by atoms with E-state index in [1.807, 2.05) is 43.3 Å². The van der Waals surface area contributed by atoms with Gasteiger partial charge < -0.3 is 15.4 Å². The van der Waals surface area contributed by atoms with Crippen LogP contribution >= 0.6 is 23.2 Å². The first kappa shape index (κ1) is 18.6. The number of anilines is 1. The Labute approximate surface area is 163 Å². The Bertz CT molecular complexity index is 801. The van der Waals surface area contributed by atoms with E-state index in [1.54, 1.807) is 12.1 Å². The largest absolute Gasteiger partial charge is 0.457 e. The van der Waals surface area contributed by atoms with Gasteiger partial charge in [0.1, 0.15) is 17.7 Å². The van der Waals surface area contributed by atoms with E-state index in [2.05, 4.69) is 28.6 Å². The van der Waals surface area contributed by atoms with Crippen molar-refractivity contribution in [3.63, 3.8) is 0 Å². The molecule has 6 heteroatoms. The minimum atomic E-state index is -0.125. The number of amidine groups is 1. The molecule has 0 spiro atoms. The minimum Gasteiger partial charge on any atom is -0.457 e. The van der Waals surface area contributed by atoms with Crippen LogP contribution in [0.4, 0.5) is 5.69 Å². The summed E-state index contributed by atoms with van der Waals surface area (Å²) < 4.78 is 5.82. The molecule has 2 atom stereocenters. The van der Waals surface area contributed by atoms with Crippen LogP contribution in [0, 0.1) is 5.92 Å². The van der Waals surface area contributed by atoms with Crippen LogP contribution in [0.5, 0.6) is 11.5 Å². The van der Waals surface area contributed by atoms with Crippen molar-refractivity contribution in [1.29, 1.82) is 0 Å². The van der Waals surface area contributed by atoms with Gasteiger partial charge in [0, 0.05) is 22.3 Å². The summed E-state index contributed by atoms with van der Waals surface area (Å²) in [6, 6.07) is 15.0. The van der Waals surface area contributed by atoms with Crippen LogP contribution < -0.4 is 15.4 Å². The Hall–Kier alpha value is -2.17. The molecule has 26 heavy (non-hydrogen) atoms. The Morgan fingerprint density at radius 2 is 1.65 bits per heavy atom. The molecular formula is C20H21Cl2N3O. The van der Waals surface area contributed by atoms with Gasteiger partial charge in [-0.25, -0.2) is 4.99 Å². The molecule has 1 heterocycles. The van der Waals surface area contributed by atoms with E-state index in [1.165, 1.54) is 0 Å². The molecule has 0 bridgehead atoms. The molecule has 0 aromatic heterocycles. The molecule has 2 N–H and O–H groups in total. The molecule has 2 unspecified atom stereocenters. The van der Waals surface area contributed by atoms with Crippen molar-refractivity contribution in [2.75, 3.05) is 5.32 Å². The quantitative estimate of drug-likeness (QED) is 0.616. The average Bonchev–Trinajstić information content (AvgIpc) is 2.75. The maximum atomic E-state index is 6.15. The first-order valence-corrected chi connectivity index (χ1v) is 9.28. The first-order chi connectivity index (χ1) is 12.5. The standard InChI is InChI=1S/C20H21Cl2N3O/c1-3-14-12-13(2)23-20(22)25-19(14)24-16-6-10-18(11-7-16)26-17-8-4-15(21)5-9-17/h4-12,14,19,24H,3H2,1-2H3,(H,23,25). The van der Waals surface area contributed by atoms with Crippen molar-refractivity contribution < 1.29 is 4.74 Å². The second-order valence-corrected chi connectivity index (χ2v) is 6.93. The van der Waals surface area contributed by atoms with Gasteiger partial charge in [0.05, 0.1) is 0 Å². The number of aliphatic imine (C=N–C) groups is 1. The van der Waals surface area contributed by atoms with Gasteiger partial charge in [0.15, 0.2) is 5.29 Å². The van der Waals surface area contributed by atoms with Crippen molar-refractivity contribution in [3.05, 3.63) is 65.3 Å². The summed E-state index contributed by atoms with van der Waals surface area (Å²) >= 11 is 12.0. The van der Waals surface area contributed by atoms with Crippen molar-refractivity contribution in [1.82, 2.24) is 5.32 Å². The highest BCUT2D eigenvalue weighted by Gasteiger charge is 2.21. The van der Waals surface area contributed by atoms with Crippen molar-refractivity contribution >= 4 is 34.2 Å². The summed E-state index contributed by atoms with van der Waals surface area (Å²) in [7, 11) is 0. The minimum absolute atomic E-state index is 0.125. The van der Waals surface area contributed by atoms with Crippen LogP contribution in [-0.4, -0.2) is 11.5 Å². The van der Waals surface area contributed by atoms with Gasteiger partial charge in [-0.3, -0.25) is 0 Å². The predicted molar refractivity (Wildman–Crippen MR) is 109 cm³/mol. The molecule has 1 aliphatic heterocycles. The second-order valence-electron chi connectivity index (χ2n) is 6.14. The molecule has 0 saturated heterocycles. The molecular weight excluding hydrogens is 369 g/mol. The molecule has 3 rings (SSSR count). The lowest BCUT2D eigenvalue weighted by Gasteiger charge is -2.21. The summed E-state index contributed by atoms with van der Waals surface area (Å²) in [6.07, 6.45) is 3.00. The number of benzene rings is 2. The molecule has 4 nitrogen and oxygen atoms in total. The molecule has 0 saturated carbocycles. The van der Waals surface area contributed by atoms with Gasteiger partial charge in [-0.05, 0) is 73.5 Å². The number of halogens is 2. The van der Waals surface area contributed by atoms with Crippen molar-refractivity contribution in [2.45, 2.75) is 26.4 Å². The van der Waals surface area contributed by atoms with E-state index in [9.17, 15) is 0 Å². The van der Waals surface area contributed by atoms with Gasteiger partial charge in [-0.15, -0.1) is 0 Å². The number of hydrogen-bond acceptors (Lipinski definition) is 4. The lowest BCUT2D eigenvalue weighted by atomic mass is 10.0. The van der Waals surface area contributed by atoms with Crippen molar-refractivity contribution in [3.8, 4) is 11.5 Å². The van der Waals surface area contributed by atoms with E-state index in [-0.39, 0.29) is 12.1 Å². The van der Waals surface area contributed by atoms with E-state index < -0.39 is 0 Å². The smallest absolute Gasteiger partial charge is 0.197 e. The Morgan fingerprint density at radius 1 is 1.04 bits per heavy atom. The summed E-state index contributed by atoms with van der Waals surface area (Å²) in [6.45, 7) is 4.13. The third-order valence-corrected chi connectivity index (χ3v) is 4.56. The number of hydrogen-bond donors (Lipinski definition) is 2. The highest BCUT2D eigenvalue weighted by Crippen LogP contribution is 2.26. The summed E-state index contributed by atoms with van der Waals surface area (Å²) in [5.74, 6) is 1.75. The normalized spacial score (nSPS) is 19.7. The van der Waals surface area contributed by atoms with E-state index in [0.717, 1.165) is 29.3 Å². The zero-order valence-electron chi connectivity index (χ0n) is 14.7. The number of ether oxygens (including phenoxy) is 1. The monoisotopic (exact) mass is 389 g/mol. The van der Waals surface area contributed by atoms with Crippen LogP contribution in [0.2, 0.25) is 5.02 Å². The van der Waals surface area contributed by atoms with Crippen LogP contribution in [0.15, 0.2) is 65.3 Å². The predicted octanol–water partition coefficient (Wildman–Crippen LogP) is 6.00. The zero-order valence-corrected chi connectivity index (χ0v) is 16.2. The lowest BCUT2D eigenvalue weighted by Crippen LogP contribution is -2.26. The number of rotatable bonds is 5. The summed E-state index contributed by atoms with van der Waals surface area (Å²) in [4.78, 5) is 4.54. The summed E-state index contributed by atoms with van der Waals surface area (Å²) in [5, 5.41) is 7.59. The van der Waals surface area contributed by atoms with Crippen LogP contribution in [0.3, 0.4) is 0 Å². The third-order valence-electron chi connectivity index (χ3n) is 4.11. The zero-order chi connectivity index (χ0) is 18.5. The Balaban J connectivity index is 1.70. The molecule has 2 aromatic carbocycles. The van der Waals surface area contributed by atoms with E-state index in [4.69, 9.17) is 27.9 Å². The van der Waals surface area contributed by atoms with Gasteiger partial charge in [-0.2, -0.15) is 0 Å². The molecule has 0 fully saturated rings. The second kappa shape index (κ2) is 8.47. The van der Waals surface area contributed by atoms with Gasteiger partial charge >= 0.3 is 0 Å². The fourth-order valence-corrected chi connectivity index (χ4v) is 3.16. The third kappa shape index (κ3) is 4.93. The number of nitrogens with zero attached hydrogens (tertiary/aromatic N) is 1. The fourth-order valence-electron chi connectivity index (χ4n) is 2.78. The maximum Gasteiger partial charge on any atom is 0.197 e. The van der Waals surface area contributed by atoms with Gasteiger partial charge in [0.2, 0.25) is 0 Å². The van der Waals surface area contributed by atoms with Crippen LogP contribution in [-0.2, 0) is 0 Å². The SMILES string of the molecule is CCC1C=C(C)NC(Cl)=NC1Nc1ccc(Oc2ccc(Cl)cc2)cc1. The number of nitrogens with one attached hydrogen (secondary N) is 2. The van der Waals surface area contributed by atoms with Crippen LogP contribution in [0.25, 0.3) is 0 Å². The average molecular weight is 390 g/mol. The Kier molecular flexibility index (Phi) is 6.07. The Morgan fingerprint density at radius 3 is 2.27 bits per heavy atom. The first-order valence-electron chi connectivity index (χ1n) is 8.52. The molecule has 0 aliphatic carbocycles. The maximum absolute atomic E-state index is 6.15. The molecule has 0 radical (unpaired) electrons. The van der Waals surface area contributed by atoms with E-state index in [0.29, 0.717) is 10.3 Å². The molecule has 1 aliphatic rings. The van der Waals surface area contributed by atoms with Crippen molar-refractivity contribution in [2.24, 2.45) is 10.9 Å². The molecule has 0 amide bonds. The highest BCUT2D eigenvalue weighted by atomic mass is 35.5. The topological polar surface area (TPSA) is 45.7 Å². The molecule has 136 valence electrons. The highest BCUT2D eigenvalue weighted by molar-refractivity contribution is 6.64. The molecule has 2 aromatic rings.